The van der Waals surface area contributed by atoms with Gasteiger partial charge in [-0.2, -0.15) is 0 Å². The number of imidazole rings is 1. The van der Waals surface area contributed by atoms with E-state index in [9.17, 15) is 4.79 Å². The SMILES string of the molecule is CC1(C)c2cc(NC(=O)[C@@H]3C[C@@H]4CCCC[C@@H]4N3)ccc2-c2ccc(-c3ccc4nc([C@@H]5C[C@@H]6CCCC[C@@H]6N5)[nH]c4c3)cc21. The van der Waals surface area contributed by atoms with Crippen LogP contribution in [0.2, 0.25) is 0 Å². The molecular weight excluding hydrogens is 554 g/mol. The predicted octanol–water partition coefficient (Wildman–Crippen LogP) is 7.99. The standard InChI is InChI=1S/C39H45N5O/c1-39(2)29-17-22(23-12-16-33-34(18-23)44-37(43-33)35-19-24-7-3-5-9-31(24)41-35)11-14-27(29)28-15-13-26(21-30(28)39)40-38(45)36-20-25-8-4-6-10-32(25)42-36/h11-18,21,24-25,31-32,35-36,41-42H,3-10,19-20H2,1-2H3,(H,40,45)(H,43,44)/t24-,25-,31-,32-,35-,36-/m0/s1. The van der Waals surface area contributed by atoms with Gasteiger partial charge in [0.05, 0.1) is 23.1 Å². The third-order valence-electron chi connectivity index (χ3n) is 12.1. The van der Waals surface area contributed by atoms with Crippen LogP contribution in [0.4, 0.5) is 5.69 Å². The molecule has 0 unspecified atom stereocenters. The molecule has 4 fully saturated rings. The predicted molar refractivity (Wildman–Crippen MR) is 181 cm³/mol. The number of fused-ring (bicyclic) bond motifs is 6. The molecule has 45 heavy (non-hydrogen) atoms. The highest BCUT2D eigenvalue weighted by Gasteiger charge is 2.40. The van der Waals surface area contributed by atoms with Gasteiger partial charge in [0.2, 0.25) is 5.91 Å². The number of carbonyl (C=O) groups is 1. The molecule has 3 aliphatic carbocycles. The maximum Gasteiger partial charge on any atom is 0.241 e. The number of nitrogens with zero attached hydrogens (tertiary/aromatic N) is 1. The van der Waals surface area contributed by atoms with E-state index in [-0.39, 0.29) is 17.4 Å². The van der Waals surface area contributed by atoms with Crippen molar-refractivity contribution in [3.63, 3.8) is 0 Å². The second kappa shape index (κ2) is 10.5. The molecule has 1 aromatic heterocycles. The zero-order valence-corrected chi connectivity index (χ0v) is 26.6. The summed E-state index contributed by atoms with van der Waals surface area (Å²) in [5.41, 5.74) is 10.5. The Bertz CT molecular complexity index is 1780. The number of nitrogens with one attached hydrogen (secondary N) is 4. The molecular formula is C39H45N5O. The first-order chi connectivity index (χ1) is 21.9. The third kappa shape index (κ3) is 4.67. The first-order valence-electron chi connectivity index (χ1n) is 17.5. The summed E-state index contributed by atoms with van der Waals surface area (Å²) in [6, 6.07) is 21.5. The number of aromatic nitrogens is 2. The van der Waals surface area contributed by atoms with Crippen molar-refractivity contribution in [2.24, 2.45) is 11.8 Å². The average Bonchev–Trinajstić information content (AvgIpc) is 3.83. The highest BCUT2D eigenvalue weighted by Crippen LogP contribution is 2.50. The van der Waals surface area contributed by atoms with Crippen molar-refractivity contribution in [2.45, 2.75) is 108 Å². The molecule has 5 aliphatic rings. The first kappa shape index (κ1) is 27.8. The van der Waals surface area contributed by atoms with Crippen molar-refractivity contribution in [1.29, 1.82) is 0 Å². The molecule has 2 saturated carbocycles. The molecule has 6 nitrogen and oxygen atoms in total. The largest absolute Gasteiger partial charge is 0.341 e. The minimum atomic E-state index is -0.169. The number of rotatable bonds is 4. The fourth-order valence-electron chi connectivity index (χ4n) is 9.65. The Hall–Kier alpha value is -3.48. The maximum atomic E-state index is 13.3. The van der Waals surface area contributed by atoms with Crippen LogP contribution in [0.5, 0.6) is 0 Å². The summed E-state index contributed by atoms with van der Waals surface area (Å²) in [6.07, 6.45) is 12.6. The lowest BCUT2D eigenvalue weighted by Crippen LogP contribution is -2.39. The lowest BCUT2D eigenvalue weighted by atomic mass is 9.81. The Morgan fingerprint density at radius 3 is 2.22 bits per heavy atom. The Morgan fingerprint density at radius 2 is 1.44 bits per heavy atom. The summed E-state index contributed by atoms with van der Waals surface area (Å²) < 4.78 is 0. The van der Waals surface area contributed by atoms with Crippen LogP contribution in [0.15, 0.2) is 54.6 Å². The Labute approximate surface area is 266 Å². The van der Waals surface area contributed by atoms with Crippen LogP contribution >= 0.6 is 0 Å². The van der Waals surface area contributed by atoms with Gasteiger partial charge in [-0.25, -0.2) is 4.98 Å². The summed E-state index contributed by atoms with van der Waals surface area (Å²) in [7, 11) is 0. The van der Waals surface area contributed by atoms with Crippen LogP contribution in [0.25, 0.3) is 33.3 Å². The molecule has 232 valence electrons. The normalized spacial score (nSPS) is 29.6. The van der Waals surface area contributed by atoms with E-state index in [1.165, 1.54) is 91.2 Å². The van der Waals surface area contributed by atoms with Crippen molar-refractivity contribution in [2.75, 3.05) is 5.32 Å². The number of hydrogen-bond acceptors (Lipinski definition) is 4. The molecule has 6 heteroatoms. The van der Waals surface area contributed by atoms with E-state index in [1.54, 1.807) is 0 Å². The number of aromatic amines is 1. The van der Waals surface area contributed by atoms with Gasteiger partial charge < -0.3 is 20.9 Å². The second-order valence-corrected chi connectivity index (χ2v) is 15.2. The van der Waals surface area contributed by atoms with Crippen molar-refractivity contribution in [3.05, 3.63) is 71.5 Å². The van der Waals surface area contributed by atoms with Crippen molar-refractivity contribution >= 4 is 22.6 Å². The van der Waals surface area contributed by atoms with Crippen LogP contribution in [-0.4, -0.2) is 34.0 Å². The number of anilines is 1. The highest BCUT2D eigenvalue weighted by atomic mass is 16.2. The van der Waals surface area contributed by atoms with Crippen LogP contribution in [-0.2, 0) is 10.2 Å². The minimum absolute atomic E-state index is 0.0824. The van der Waals surface area contributed by atoms with Crippen molar-refractivity contribution in [3.8, 4) is 22.3 Å². The van der Waals surface area contributed by atoms with Crippen molar-refractivity contribution < 1.29 is 4.79 Å². The second-order valence-electron chi connectivity index (χ2n) is 15.2. The third-order valence-corrected chi connectivity index (χ3v) is 12.1. The Kier molecular flexibility index (Phi) is 6.51. The summed E-state index contributed by atoms with van der Waals surface area (Å²) in [6.45, 7) is 4.62. The van der Waals surface area contributed by atoms with Crippen LogP contribution in [0.1, 0.15) is 101 Å². The highest BCUT2D eigenvalue weighted by molar-refractivity contribution is 5.96. The summed E-state index contributed by atoms with van der Waals surface area (Å²) >= 11 is 0. The molecule has 2 aliphatic heterocycles. The van der Waals surface area contributed by atoms with Gasteiger partial charge in [-0.15, -0.1) is 0 Å². The number of H-pyrrole nitrogens is 1. The maximum absolute atomic E-state index is 13.3. The summed E-state index contributed by atoms with van der Waals surface area (Å²) in [5.74, 6) is 2.65. The number of benzene rings is 3. The van der Waals surface area contributed by atoms with Gasteiger partial charge in [0.1, 0.15) is 5.82 Å². The molecule has 6 atom stereocenters. The lowest BCUT2D eigenvalue weighted by molar-refractivity contribution is -0.117. The Morgan fingerprint density at radius 1 is 0.778 bits per heavy atom. The molecule has 0 bridgehead atoms. The van der Waals surface area contributed by atoms with Crippen LogP contribution in [0.3, 0.4) is 0 Å². The minimum Gasteiger partial charge on any atom is -0.341 e. The fourth-order valence-corrected chi connectivity index (χ4v) is 9.65. The van der Waals surface area contributed by atoms with E-state index in [0.717, 1.165) is 34.9 Å². The molecule has 4 N–H and O–H groups in total. The summed E-state index contributed by atoms with van der Waals surface area (Å²) in [5, 5.41) is 10.8. The van der Waals surface area contributed by atoms with Crippen LogP contribution < -0.4 is 16.0 Å². The van der Waals surface area contributed by atoms with Gasteiger partial charge in [0, 0.05) is 23.2 Å². The van der Waals surface area contributed by atoms with Gasteiger partial charge in [-0.3, -0.25) is 4.79 Å². The van der Waals surface area contributed by atoms with E-state index in [4.69, 9.17) is 4.98 Å². The monoisotopic (exact) mass is 599 g/mol. The summed E-state index contributed by atoms with van der Waals surface area (Å²) in [4.78, 5) is 22.0. The van der Waals surface area contributed by atoms with E-state index in [1.807, 2.05) is 0 Å². The van der Waals surface area contributed by atoms with Crippen molar-refractivity contribution in [1.82, 2.24) is 20.6 Å². The molecule has 0 radical (unpaired) electrons. The quantitative estimate of drug-likeness (QED) is 0.192. The van der Waals surface area contributed by atoms with Gasteiger partial charge >= 0.3 is 0 Å². The van der Waals surface area contributed by atoms with E-state index < -0.39 is 0 Å². The molecule has 2 saturated heterocycles. The molecule has 3 heterocycles. The van der Waals surface area contributed by atoms with E-state index in [2.05, 4.69) is 89.4 Å². The first-order valence-corrected chi connectivity index (χ1v) is 17.5. The van der Waals surface area contributed by atoms with E-state index >= 15 is 0 Å². The van der Waals surface area contributed by atoms with Gasteiger partial charge in [0.25, 0.3) is 0 Å². The van der Waals surface area contributed by atoms with E-state index in [0.29, 0.717) is 24.0 Å². The number of carbonyl (C=O) groups excluding carboxylic acids is 1. The molecule has 0 spiro atoms. The van der Waals surface area contributed by atoms with Gasteiger partial charge in [-0.05, 0) is 114 Å². The van der Waals surface area contributed by atoms with Gasteiger partial charge in [0.15, 0.2) is 0 Å². The lowest BCUT2D eigenvalue weighted by Gasteiger charge is -2.24. The molecule has 9 rings (SSSR count). The average molecular weight is 600 g/mol. The fraction of sp³-hybridized carbons (Fsp3) is 0.487. The topological polar surface area (TPSA) is 81.8 Å². The number of hydrogen-bond donors (Lipinski definition) is 4. The Balaban J connectivity index is 0.954. The van der Waals surface area contributed by atoms with Crippen LogP contribution in [0, 0.1) is 11.8 Å². The molecule has 1 amide bonds. The zero-order chi connectivity index (χ0) is 30.3. The molecule has 4 aromatic rings. The van der Waals surface area contributed by atoms with Gasteiger partial charge in [-0.1, -0.05) is 63.8 Å². The smallest absolute Gasteiger partial charge is 0.241 e. The number of amides is 1. The molecule has 3 aromatic carbocycles. The zero-order valence-electron chi connectivity index (χ0n) is 26.6.